The second-order valence-electron chi connectivity index (χ2n) is 13.2. The number of carbonyl (C=O) groups excluding carboxylic acids is 4. The van der Waals surface area contributed by atoms with Gasteiger partial charge in [-0.2, -0.15) is 0 Å². The molecule has 0 spiro atoms. The van der Waals surface area contributed by atoms with E-state index in [9.17, 15) is 32.7 Å². The maximum absolute atomic E-state index is 13.9. The number of nitrogens with one attached hydrogen (secondary N) is 4. The second kappa shape index (κ2) is 12.4. The Bertz CT molecular complexity index is 1150. The molecule has 1 heterocycles. The van der Waals surface area contributed by atoms with Crippen molar-refractivity contribution in [2.45, 2.75) is 96.6 Å². The molecule has 0 radical (unpaired) electrons. The molecule has 0 aromatic rings. The van der Waals surface area contributed by atoms with Crippen molar-refractivity contribution in [1.29, 1.82) is 0 Å². The number of primary amides is 1. The lowest BCUT2D eigenvalue weighted by molar-refractivity contribution is -0.140. The number of sulfonamides is 1. The van der Waals surface area contributed by atoms with Crippen molar-refractivity contribution in [3.8, 4) is 0 Å². The number of piperidine rings is 1. The van der Waals surface area contributed by atoms with E-state index in [-0.39, 0.29) is 23.8 Å². The van der Waals surface area contributed by atoms with Gasteiger partial charge in [-0.25, -0.2) is 17.9 Å². The summed E-state index contributed by atoms with van der Waals surface area (Å²) in [5, 5.41) is 20.3. The van der Waals surface area contributed by atoms with Crippen molar-refractivity contribution in [2.75, 3.05) is 13.1 Å². The minimum Gasteiger partial charge on any atom is -0.376 e. The number of ketones is 1. The number of amides is 4. The highest BCUT2D eigenvalue weighted by molar-refractivity contribution is 7.92. The van der Waals surface area contributed by atoms with E-state index < -0.39 is 70.1 Å². The van der Waals surface area contributed by atoms with Crippen LogP contribution in [-0.2, 0) is 24.4 Å². The molecule has 3 unspecified atom stereocenters. The topological polar surface area (TPSA) is 200 Å². The maximum Gasteiger partial charge on any atom is 0.315 e. The Hall–Kier alpha value is -2.55. The van der Waals surface area contributed by atoms with Gasteiger partial charge in [0.05, 0.1) is 12.1 Å². The first-order chi connectivity index (χ1) is 18.9. The predicted molar refractivity (Wildman–Crippen MR) is 152 cm³/mol. The SMILES string of the molecule is C=CS(=O)(=O)NC[C@H](NC(=O)NC(C)(C)C)C(=O)N1C[C@H]2C([C@H]1C(O)NC(CCC1CCC1)C(=O)C(N)=O)C2(C)C. The average molecular weight is 599 g/mol. The lowest BCUT2D eigenvalue weighted by Crippen LogP contribution is -2.62. The van der Waals surface area contributed by atoms with Crippen LogP contribution in [-0.4, -0.2) is 85.0 Å². The van der Waals surface area contributed by atoms with E-state index in [1.807, 2.05) is 13.8 Å². The minimum atomic E-state index is -3.91. The van der Waals surface area contributed by atoms with Crippen molar-refractivity contribution in [2.24, 2.45) is 28.9 Å². The van der Waals surface area contributed by atoms with Gasteiger partial charge in [-0.3, -0.25) is 19.7 Å². The third kappa shape index (κ3) is 8.05. The molecule has 3 aliphatic rings. The Labute approximate surface area is 242 Å². The minimum absolute atomic E-state index is 0.0436. The van der Waals surface area contributed by atoms with Crippen molar-refractivity contribution in [3.63, 3.8) is 0 Å². The van der Waals surface area contributed by atoms with Gasteiger partial charge in [0, 0.05) is 24.0 Å². The molecule has 41 heavy (non-hydrogen) atoms. The molecule has 3 fully saturated rings. The van der Waals surface area contributed by atoms with E-state index in [1.54, 1.807) is 20.8 Å². The molecule has 0 bridgehead atoms. The average Bonchev–Trinajstić information content (AvgIpc) is 3.15. The number of carbonyl (C=O) groups is 4. The fourth-order valence-corrected chi connectivity index (χ4v) is 6.61. The van der Waals surface area contributed by atoms with Gasteiger partial charge in [0.15, 0.2) is 0 Å². The van der Waals surface area contributed by atoms with E-state index in [2.05, 4.69) is 27.3 Å². The number of hydrogen-bond donors (Lipinski definition) is 6. The number of Topliss-reactive ketones (excluding diaryl/α,β-unsaturated/α-hetero) is 1. The van der Waals surface area contributed by atoms with Crippen LogP contribution in [0.2, 0.25) is 0 Å². The Morgan fingerprint density at radius 3 is 2.32 bits per heavy atom. The number of aliphatic hydroxyl groups is 1. The van der Waals surface area contributed by atoms with Gasteiger partial charge in [0.2, 0.25) is 21.7 Å². The Balaban J connectivity index is 1.83. The van der Waals surface area contributed by atoms with Crippen molar-refractivity contribution < 1.29 is 32.7 Å². The van der Waals surface area contributed by atoms with Crippen LogP contribution in [0.3, 0.4) is 0 Å². The molecule has 2 saturated carbocycles. The number of nitrogens with zero attached hydrogens (tertiary/aromatic N) is 1. The van der Waals surface area contributed by atoms with E-state index in [4.69, 9.17) is 5.73 Å². The summed E-state index contributed by atoms with van der Waals surface area (Å²) in [7, 11) is -3.91. The summed E-state index contributed by atoms with van der Waals surface area (Å²) in [4.78, 5) is 52.4. The summed E-state index contributed by atoms with van der Waals surface area (Å²) in [5.74, 6) is -2.15. The van der Waals surface area contributed by atoms with Crippen LogP contribution >= 0.6 is 0 Å². The van der Waals surface area contributed by atoms with E-state index in [0.717, 1.165) is 19.3 Å². The van der Waals surface area contributed by atoms with Crippen molar-refractivity contribution >= 4 is 33.7 Å². The molecule has 7 N–H and O–H groups in total. The lowest BCUT2D eigenvalue weighted by Gasteiger charge is -2.38. The summed E-state index contributed by atoms with van der Waals surface area (Å²) in [6.45, 7) is 12.4. The maximum atomic E-state index is 13.9. The molecule has 14 heteroatoms. The van der Waals surface area contributed by atoms with E-state index in [1.165, 1.54) is 4.90 Å². The highest BCUT2D eigenvalue weighted by Gasteiger charge is 2.69. The second-order valence-corrected chi connectivity index (χ2v) is 14.9. The van der Waals surface area contributed by atoms with Crippen LogP contribution in [0, 0.1) is 23.2 Å². The van der Waals surface area contributed by atoms with Gasteiger partial charge in [-0.15, -0.1) is 0 Å². The van der Waals surface area contributed by atoms with Crippen LogP contribution < -0.4 is 26.4 Å². The van der Waals surface area contributed by atoms with Crippen LogP contribution in [0.15, 0.2) is 12.0 Å². The molecule has 4 amide bonds. The number of aliphatic hydroxyl groups excluding tert-OH is 1. The number of likely N-dealkylation sites (tertiary alicyclic amines) is 1. The Morgan fingerprint density at radius 1 is 1.17 bits per heavy atom. The number of fused-ring (bicyclic) bond motifs is 1. The Morgan fingerprint density at radius 2 is 1.80 bits per heavy atom. The van der Waals surface area contributed by atoms with Gasteiger partial charge in [0.25, 0.3) is 5.91 Å². The fourth-order valence-electron chi connectivity index (χ4n) is 6.09. The first kappa shape index (κ1) is 33.0. The third-order valence-corrected chi connectivity index (χ3v) is 9.69. The molecule has 232 valence electrons. The lowest BCUT2D eigenvalue weighted by atomic mass is 9.81. The highest BCUT2D eigenvalue weighted by atomic mass is 32.2. The summed E-state index contributed by atoms with van der Waals surface area (Å²) in [6, 6.07) is -3.77. The number of nitrogens with two attached hydrogens (primary N) is 1. The number of rotatable bonds is 14. The number of hydrogen-bond acceptors (Lipinski definition) is 8. The van der Waals surface area contributed by atoms with Crippen molar-refractivity contribution in [3.05, 3.63) is 12.0 Å². The molecular weight excluding hydrogens is 552 g/mol. The van der Waals surface area contributed by atoms with Gasteiger partial charge >= 0.3 is 6.03 Å². The predicted octanol–water partition coefficient (Wildman–Crippen LogP) is -0.0901. The van der Waals surface area contributed by atoms with E-state index >= 15 is 0 Å². The van der Waals surface area contributed by atoms with E-state index in [0.29, 0.717) is 24.2 Å². The first-order valence-electron chi connectivity index (χ1n) is 14.2. The summed E-state index contributed by atoms with van der Waals surface area (Å²) in [5.41, 5.74) is 4.48. The molecule has 13 nitrogen and oxygen atoms in total. The quantitative estimate of drug-likeness (QED) is 0.118. The third-order valence-electron chi connectivity index (χ3n) is 8.69. The largest absolute Gasteiger partial charge is 0.376 e. The Kier molecular flexibility index (Phi) is 9.93. The van der Waals surface area contributed by atoms with Gasteiger partial charge in [0.1, 0.15) is 12.3 Å². The molecular formula is C27H46N6O7S. The molecule has 0 aromatic heterocycles. The molecule has 3 rings (SSSR count). The van der Waals surface area contributed by atoms with Crippen LogP contribution in [0.5, 0.6) is 0 Å². The van der Waals surface area contributed by atoms with Crippen LogP contribution in [0.4, 0.5) is 4.79 Å². The number of urea groups is 1. The molecule has 1 aliphatic heterocycles. The van der Waals surface area contributed by atoms with Crippen LogP contribution in [0.1, 0.15) is 66.7 Å². The molecule has 0 aromatic carbocycles. The first-order valence-corrected chi connectivity index (χ1v) is 15.7. The summed E-state index contributed by atoms with van der Waals surface area (Å²) in [6.07, 6.45) is 2.87. The zero-order chi connectivity index (χ0) is 30.9. The highest BCUT2D eigenvalue weighted by Crippen LogP contribution is 2.65. The standard InChI is InChI=1S/C27H46N6O7S/c1-7-41(39,40)29-13-18(31-25(38)32-26(2,3)4)24(37)33-14-16-19(27(16,5)6)20(33)23(36)30-17(21(34)22(28)35)12-11-15-9-8-10-15/h7,15-20,23,29-30,36H,1,8-14H2,2-6H3,(H2,28,35)(H2,31,32,38)/t16-,17?,18-,19?,20-,23?/m0/s1. The zero-order valence-corrected chi connectivity index (χ0v) is 25.4. The zero-order valence-electron chi connectivity index (χ0n) is 24.6. The summed E-state index contributed by atoms with van der Waals surface area (Å²) >= 11 is 0. The molecule has 1 saturated heterocycles. The van der Waals surface area contributed by atoms with Gasteiger partial charge in [-0.05, 0) is 56.8 Å². The monoisotopic (exact) mass is 598 g/mol. The van der Waals surface area contributed by atoms with Gasteiger partial charge < -0.3 is 26.4 Å². The normalized spacial score (nSPS) is 25.7. The summed E-state index contributed by atoms with van der Waals surface area (Å²) < 4.78 is 26.4. The fraction of sp³-hybridized carbons (Fsp3) is 0.778. The van der Waals surface area contributed by atoms with Crippen molar-refractivity contribution in [1.82, 2.24) is 25.6 Å². The van der Waals surface area contributed by atoms with Crippen LogP contribution in [0.25, 0.3) is 0 Å². The molecule has 2 aliphatic carbocycles. The molecule has 6 atom stereocenters. The smallest absolute Gasteiger partial charge is 0.315 e. The van der Waals surface area contributed by atoms with Gasteiger partial charge in [-0.1, -0.05) is 39.7 Å².